The normalized spacial score (nSPS) is 12.9. The van der Waals surface area contributed by atoms with Gasteiger partial charge in [0.2, 0.25) is 0 Å². The second-order valence-electron chi connectivity index (χ2n) is 4.61. The highest BCUT2D eigenvalue weighted by molar-refractivity contribution is 7.99. The van der Waals surface area contributed by atoms with Crippen LogP contribution in [0.3, 0.4) is 0 Å². The van der Waals surface area contributed by atoms with E-state index in [0.29, 0.717) is 5.75 Å². The molecule has 1 aromatic heterocycles. The Labute approximate surface area is 113 Å². The largest absolute Gasteiger partial charge is 0.480 e. The number of aryl methyl sites for hydroxylation is 2. The average molecular weight is 270 g/mol. The summed E-state index contributed by atoms with van der Waals surface area (Å²) < 4.78 is 1.96. The molecule has 0 spiro atoms. The number of nitrogens with zero attached hydrogens (tertiary/aromatic N) is 2. The first-order valence-electron chi connectivity index (χ1n) is 6.39. The van der Waals surface area contributed by atoms with Gasteiger partial charge in [0.05, 0.1) is 5.69 Å². The van der Waals surface area contributed by atoms with Gasteiger partial charge in [-0.1, -0.05) is 20.8 Å². The van der Waals surface area contributed by atoms with Crippen LogP contribution in [0.15, 0.2) is 6.07 Å². The van der Waals surface area contributed by atoms with Crippen molar-refractivity contribution in [2.24, 2.45) is 5.92 Å². The Morgan fingerprint density at radius 2 is 2.17 bits per heavy atom. The minimum absolute atomic E-state index is 0.135. The highest BCUT2D eigenvalue weighted by atomic mass is 32.2. The fourth-order valence-corrected chi connectivity index (χ4v) is 2.91. The number of aromatic nitrogens is 2. The fourth-order valence-electron chi connectivity index (χ4n) is 1.80. The van der Waals surface area contributed by atoms with Crippen LogP contribution in [0.2, 0.25) is 0 Å². The third-order valence-electron chi connectivity index (χ3n) is 2.84. The van der Waals surface area contributed by atoms with Crippen LogP contribution in [-0.2, 0) is 23.5 Å². The molecule has 18 heavy (non-hydrogen) atoms. The summed E-state index contributed by atoms with van der Waals surface area (Å²) in [6.07, 6.45) is 0.914. The summed E-state index contributed by atoms with van der Waals surface area (Å²) in [6.45, 7) is 8.85. The van der Waals surface area contributed by atoms with Gasteiger partial charge in [0.1, 0.15) is 5.25 Å². The van der Waals surface area contributed by atoms with Crippen molar-refractivity contribution in [2.45, 2.75) is 51.7 Å². The lowest BCUT2D eigenvalue weighted by atomic mass is 10.1. The number of carbonyl (C=O) groups is 1. The van der Waals surface area contributed by atoms with Gasteiger partial charge < -0.3 is 5.11 Å². The van der Waals surface area contributed by atoms with E-state index in [1.807, 2.05) is 18.5 Å². The summed E-state index contributed by atoms with van der Waals surface area (Å²) in [5.41, 5.74) is 2.19. The number of carboxylic acid groups (broad SMARTS) is 1. The van der Waals surface area contributed by atoms with Crippen molar-refractivity contribution in [1.82, 2.24) is 9.78 Å². The van der Waals surface area contributed by atoms with Crippen molar-refractivity contribution in [1.29, 1.82) is 0 Å². The molecule has 0 bridgehead atoms. The Kier molecular flexibility index (Phi) is 5.72. The maximum Gasteiger partial charge on any atom is 0.316 e. The monoisotopic (exact) mass is 270 g/mol. The Morgan fingerprint density at radius 1 is 1.50 bits per heavy atom. The predicted molar refractivity (Wildman–Crippen MR) is 74.8 cm³/mol. The Morgan fingerprint density at radius 3 is 2.61 bits per heavy atom. The first kappa shape index (κ1) is 15.1. The molecule has 0 aliphatic rings. The van der Waals surface area contributed by atoms with Crippen LogP contribution < -0.4 is 0 Å². The molecule has 102 valence electrons. The first-order valence-corrected chi connectivity index (χ1v) is 7.44. The SMILES string of the molecule is CCc1cc(CSC(C(=O)O)C(C)C)n(CC)n1. The topological polar surface area (TPSA) is 55.1 Å². The van der Waals surface area contributed by atoms with E-state index in [4.69, 9.17) is 5.11 Å². The van der Waals surface area contributed by atoms with E-state index in [-0.39, 0.29) is 11.2 Å². The highest BCUT2D eigenvalue weighted by Gasteiger charge is 2.22. The number of thioether (sulfide) groups is 1. The molecule has 0 aliphatic heterocycles. The highest BCUT2D eigenvalue weighted by Crippen LogP contribution is 2.24. The van der Waals surface area contributed by atoms with E-state index in [1.165, 1.54) is 11.8 Å². The summed E-state index contributed by atoms with van der Waals surface area (Å²) >= 11 is 1.48. The molecule has 4 nitrogen and oxygen atoms in total. The van der Waals surface area contributed by atoms with Crippen molar-refractivity contribution in [3.63, 3.8) is 0 Å². The summed E-state index contributed by atoms with van der Waals surface area (Å²) in [4.78, 5) is 11.1. The van der Waals surface area contributed by atoms with Crippen LogP contribution in [0.25, 0.3) is 0 Å². The van der Waals surface area contributed by atoms with Crippen molar-refractivity contribution < 1.29 is 9.90 Å². The second kappa shape index (κ2) is 6.83. The maximum atomic E-state index is 11.1. The predicted octanol–water partition coefficient (Wildman–Crippen LogP) is 2.81. The van der Waals surface area contributed by atoms with Gasteiger partial charge in [-0.2, -0.15) is 5.10 Å². The molecular formula is C13H22N2O2S. The van der Waals surface area contributed by atoms with Crippen LogP contribution >= 0.6 is 11.8 Å². The number of aliphatic carboxylic acids is 1. The van der Waals surface area contributed by atoms with Gasteiger partial charge in [-0.15, -0.1) is 11.8 Å². The molecule has 1 N–H and O–H groups in total. The lowest BCUT2D eigenvalue weighted by Crippen LogP contribution is -2.22. The van der Waals surface area contributed by atoms with Crippen LogP contribution in [-0.4, -0.2) is 26.1 Å². The zero-order valence-electron chi connectivity index (χ0n) is 11.5. The van der Waals surface area contributed by atoms with Crippen LogP contribution in [0, 0.1) is 5.92 Å². The van der Waals surface area contributed by atoms with E-state index in [0.717, 1.165) is 24.4 Å². The summed E-state index contributed by atoms with van der Waals surface area (Å²) in [7, 11) is 0. The lowest BCUT2D eigenvalue weighted by Gasteiger charge is -2.15. The molecule has 1 unspecified atom stereocenters. The van der Waals surface area contributed by atoms with Crippen molar-refractivity contribution >= 4 is 17.7 Å². The Bertz CT molecular complexity index is 402. The Balaban J connectivity index is 2.72. The van der Waals surface area contributed by atoms with Gasteiger partial charge in [-0.05, 0) is 25.3 Å². The van der Waals surface area contributed by atoms with E-state index in [1.54, 1.807) is 0 Å². The Hall–Kier alpha value is -0.970. The quantitative estimate of drug-likeness (QED) is 0.827. The lowest BCUT2D eigenvalue weighted by molar-refractivity contribution is -0.137. The molecule has 0 aromatic carbocycles. The second-order valence-corrected chi connectivity index (χ2v) is 5.74. The third-order valence-corrected chi connectivity index (χ3v) is 4.40. The molecular weight excluding hydrogens is 248 g/mol. The molecule has 1 heterocycles. The molecule has 0 radical (unpaired) electrons. The molecule has 1 rings (SSSR count). The smallest absolute Gasteiger partial charge is 0.316 e. The molecule has 5 heteroatoms. The standard InChI is InChI=1S/C13H22N2O2S/c1-5-10-7-11(15(6-2)14-10)8-18-12(9(3)4)13(16)17/h7,9,12H,5-6,8H2,1-4H3,(H,16,17). The fraction of sp³-hybridized carbons (Fsp3) is 0.692. The van der Waals surface area contributed by atoms with Crippen molar-refractivity contribution in [3.8, 4) is 0 Å². The molecule has 0 saturated carbocycles. The average Bonchev–Trinajstić information content (AvgIpc) is 2.71. The first-order chi connectivity index (χ1) is 8.49. The van der Waals surface area contributed by atoms with E-state index in [9.17, 15) is 4.79 Å². The van der Waals surface area contributed by atoms with Crippen LogP contribution in [0.5, 0.6) is 0 Å². The summed E-state index contributed by atoms with van der Waals surface area (Å²) in [6, 6.07) is 2.08. The van der Waals surface area contributed by atoms with Gasteiger partial charge in [-0.25, -0.2) is 0 Å². The zero-order valence-corrected chi connectivity index (χ0v) is 12.3. The van der Waals surface area contributed by atoms with Gasteiger partial charge in [-0.3, -0.25) is 9.48 Å². The number of hydrogen-bond acceptors (Lipinski definition) is 3. The van der Waals surface area contributed by atoms with E-state index >= 15 is 0 Å². The molecule has 1 aromatic rings. The number of carboxylic acids is 1. The van der Waals surface area contributed by atoms with Gasteiger partial charge in [0.25, 0.3) is 0 Å². The number of rotatable bonds is 7. The van der Waals surface area contributed by atoms with Crippen molar-refractivity contribution in [3.05, 3.63) is 17.5 Å². The van der Waals surface area contributed by atoms with E-state index in [2.05, 4.69) is 25.0 Å². The minimum Gasteiger partial charge on any atom is -0.480 e. The van der Waals surface area contributed by atoms with Crippen LogP contribution in [0.1, 0.15) is 39.1 Å². The van der Waals surface area contributed by atoms with E-state index < -0.39 is 5.97 Å². The van der Waals surface area contributed by atoms with Gasteiger partial charge in [0, 0.05) is 18.0 Å². The molecule has 0 saturated heterocycles. The molecule has 1 atom stereocenters. The molecule has 0 amide bonds. The minimum atomic E-state index is -0.728. The zero-order chi connectivity index (χ0) is 13.7. The van der Waals surface area contributed by atoms with Crippen molar-refractivity contribution in [2.75, 3.05) is 0 Å². The molecule has 0 fully saturated rings. The third kappa shape index (κ3) is 3.77. The molecule has 0 aliphatic carbocycles. The summed E-state index contributed by atoms with van der Waals surface area (Å²) in [5, 5.41) is 13.3. The number of hydrogen-bond donors (Lipinski definition) is 1. The maximum absolute atomic E-state index is 11.1. The van der Waals surface area contributed by atoms with Gasteiger partial charge >= 0.3 is 5.97 Å². The van der Waals surface area contributed by atoms with Crippen LogP contribution in [0.4, 0.5) is 0 Å². The summed E-state index contributed by atoms with van der Waals surface area (Å²) in [5.74, 6) is 0.111. The van der Waals surface area contributed by atoms with Gasteiger partial charge in [0.15, 0.2) is 0 Å².